The Morgan fingerprint density at radius 2 is 1.94 bits per heavy atom. The van der Waals surface area contributed by atoms with Crippen LogP contribution < -0.4 is 0 Å². The van der Waals surface area contributed by atoms with Gasteiger partial charge in [0.05, 0.1) is 0 Å². The molecule has 0 aromatic heterocycles. The number of hydrogen-bond donors (Lipinski definition) is 0. The quantitative estimate of drug-likeness (QED) is 0.634. The summed E-state index contributed by atoms with van der Waals surface area (Å²) in [5, 5.41) is 0. The molecular weight excluding hydrogens is 210 g/mol. The summed E-state index contributed by atoms with van der Waals surface area (Å²) in [6, 6.07) is 0. The minimum atomic E-state index is -0.0728. The van der Waals surface area contributed by atoms with E-state index in [2.05, 4.69) is 25.7 Å². The zero-order chi connectivity index (χ0) is 12.7. The molecule has 17 heavy (non-hydrogen) atoms. The summed E-state index contributed by atoms with van der Waals surface area (Å²) in [5.41, 5.74) is -0.0728. The Kier molecular flexibility index (Phi) is 6.18. The average molecular weight is 239 g/mol. The third-order valence-electron chi connectivity index (χ3n) is 4.40. The van der Waals surface area contributed by atoms with Crippen LogP contribution in [-0.2, 0) is 4.79 Å². The summed E-state index contributed by atoms with van der Waals surface area (Å²) in [4.78, 5) is 14.0. The van der Waals surface area contributed by atoms with Gasteiger partial charge in [0.15, 0.2) is 0 Å². The van der Waals surface area contributed by atoms with Crippen molar-refractivity contribution in [2.75, 3.05) is 19.6 Å². The first-order chi connectivity index (χ1) is 8.15. The van der Waals surface area contributed by atoms with Crippen LogP contribution in [0, 0.1) is 11.3 Å². The standard InChI is InChI=1S/C15H29NO/c1-4-6-9-15(5-2,13-17)12-16-10-7-14(3)8-11-16/h13-14H,4-12H2,1-3H3/t15-/m1/s1. The molecule has 1 fully saturated rings. The molecule has 0 saturated carbocycles. The number of carbonyl (C=O) groups excluding carboxylic acids is 1. The summed E-state index contributed by atoms with van der Waals surface area (Å²) in [7, 11) is 0. The minimum Gasteiger partial charge on any atom is -0.303 e. The second-order valence-electron chi connectivity index (χ2n) is 5.90. The first-order valence-corrected chi connectivity index (χ1v) is 7.34. The number of hydrogen-bond acceptors (Lipinski definition) is 2. The molecule has 0 unspecified atom stereocenters. The first-order valence-electron chi connectivity index (χ1n) is 7.34. The maximum absolute atomic E-state index is 11.5. The molecule has 0 aromatic rings. The first kappa shape index (κ1) is 14.7. The molecule has 2 heteroatoms. The van der Waals surface area contributed by atoms with Gasteiger partial charge in [0.25, 0.3) is 0 Å². The second kappa shape index (κ2) is 7.15. The molecule has 1 aliphatic rings. The van der Waals surface area contributed by atoms with Crippen LogP contribution in [0.15, 0.2) is 0 Å². The van der Waals surface area contributed by atoms with Crippen molar-refractivity contribution in [3.05, 3.63) is 0 Å². The lowest BCUT2D eigenvalue weighted by Crippen LogP contribution is -2.42. The van der Waals surface area contributed by atoms with Gasteiger partial charge in [-0.1, -0.05) is 33.6 Å². The monoisotopic (exact) mass is 239 g/mol. The highest BCUT2D eigenvalue weighted by Gasteiger charge is 2.30. The number of aldehydes is 1. The summed E-state index contributed by atoms with van der Waals surface area (Å²) >= 11 is 0. The lowest BCUT2D eigenvalue weighted by Gasteiger charge is -2.37. The van der Waals surface area contributed by atoms with Gasteiger partial charge >= 0.3 is 0 Å². The molecule has 1 saturated heterocycles. The number of piperidine rings is 1. The van der Waals surface area contributed by atoms with Crippen molar-refractivity contribution in [1.29, 1.82) is 0 Å². The van der Waals surface area contributed by atoms with Crippen molar-refractivity contribution in [1.82, 2.24) is 4.90 Å². The average Bonchev–Trinajstić information content (AvgIpc) is 2.37. The van der Waals surface area contributed by atoms with Crippen molar-refractivity contribution < 1.29 is 4.79 Å². The fourth-order valence-corrected chi connectivity index (χ4v) is 2.74. The van der Waals surface area contributed by atoms with E-state index in [-0.39, 0.29) is 5.41 Å². The Balaban J connectivity index is 2.50. The molecule has 0 radical (unpaired) electrons. The lowest BCUT2D eigenvalue weighted by atomic mass is 9.80. The number of rotatable bonds is 7. The van der Waals surface area contributed by atoms with E-state index >= 15 is 0 Å². The Labute approximate surface area is 107 Å². The smallest absolute Gasteiger partial charge is 0.127 e. The van der Waals surface area contributed by atoms with Crippen molar-refractivity contribution >= 4 is 6.29 Å². The largest absolute Gasteiger partial charge is 0.303 e. The summed E-state index contributed by atoms with van der Waals surface area (Å²) in [6.07, 6.45) is 8.25. The van der Waals surface area contributed by atoms with Gasteiger partial charge in [0.2, 0.25) is 0 Å². The molecule has 1 atom stereocenters. The van der Waals surface area contributed by atoms with E-state index in [4.69, 9.17) is 0 Å². The highest BCUT2D eigenvalue weighted by atomic mass is 16.1. The summed E-state index contributed by atoms with van der Waals surface area (Å²) in [5.74, 6) is 0.870. The molecular formula is C15H29NO. The van der Waals surface area contributed by atoms with Crippen LogP contribution >= 0.6 is 0 Å². The molecule has 1 aliphatic heterocycles. The lowest BCUT2D eigenvalue weighted by molar-refractivity contribution is -0.118. The van der Waals surface area contributed by atoms with Crippen molar-refractivity contribution in [3.8, 4) is 0 Å². The predicted molar refractivity (Wildman–Crippen MR) is 73.2 cm³/mol. The van der Waals surface area contributed by atoms with Gasteiger partial charge in [-0.05, 0) is 44.7 Å². The van der Waals surface area contributed by atoms with Gasteiger partial charge in [-0.2, -0.15) is 0 Å². The maximum Gasteiger partial charge on any atom is 0.127 e. The molecule has 2 nitrogen and oxygen atoms in total. The highest BCUT2D eigenvalue weighted by molar-refractivity contribution is 5.59. The van der Waals surface area contributed by atoms with Crippen molar-refractivity contribution in [2.45, 2.75) is 59.3 Å². The van der Waals surface area contributed by atoms with Crippen LogP contribution in [0.2, 0.25) is 0 Å². The van der Waals surface area contributed by atoms with E-state index in [0.29, 0.717) is 0 Å². The molecule has 100 valence electrons. The molecule has 0 spiro atoms. The highest BCUT2D eigenvalue weighted by Crippen LogP contribution is 2.29. The van der Waals surface area contributed by atoms with E-state index in [1.54, 1.807) is 0 Å². The van der Waals surface area contributed by atoms with Crippen LogP contribution in [0.4, 0.5) is 0 Å². The Hall–Kier alpha value is -0.370. The van der Waals surface area contributed by atoms with Crippen LogP contribution in [0.5, 0.6) is 0 Å². The molecule has 0 N–H and O–H groups in total. The number of unbranched alkanes of at least 4 members (excludes halogenated alkanes) is 1. The molecule has 0 aromatic carbocycles. The predicted octanol–water partition coefficient (Wildman–Crippen LogP) is 3.50. The Morgan fingerprint density at radius 3 is 2.41 bits per heavy atom. The van der Waals surface area contributed by atoms with Crippen LogP contribution in [-0.4, -0.2) is 30.8 Å². The SMILES string of the molecule is CCCC[C@](C=O)(CC)CN1CCC(C)CC1. The maximum atomic E-state index is 11.5. The molecule has 1 heterocycles. The molecule has 0 aliphatic carbocycles. The zero-order valence-electron chi connectivity index (χ0n) is 11.9. The fraction of sp³-hybridized carbons (Fsp3) is 0.933. The van der Waals surface area contributed by atoms with E-state index in [1.807, 2.05) is 0 Å². The molecule has 1 rings (SSSR count). The van der Waals surface area contributed by atoms with Gasteiger partial charge in [-0.15, -0.1) is 0 Å². The van der Waals surface area contributed by atoms with Crippen molar-refractivity contribution in [3.63, 3.8) is 0 Å². The van der Waals surface area contributed by atoms with Crippen LogP contribution in [0.25, 0.3) is 0 Å². The van der Waals surface area contributed by atoms with Gasteiger partial charge in [-0.25, -0.2) is 0 Å². The van der Waals surface area contributed by atoms with E-state index < -0.39 is 0 Å². The topological polar surface area (TPSA) is 20.3 Å². The number of likely N-dealkylation sites (tertiary alicyclic amines) is 1. The van der Waals surface area contributed by atoms with Gasteiger partial charge in [0, 0.05) is 12.0 Å². The second-order valence-corrected chi connectivity index (χ2v) is 5.90. The normalized spacial score (nSPS) is 22.3. The summed E-state index contributed by atoms with van der Waals surface area (Å²) in [6.45, 7) is 10.1. The van der Waals surface area contributed by atoms with Crippen LogP contribution in [0.3, 0.4) is 0 Å². The van der Waals surface area contributed by atoms with Crippen molar-refractivity contribution in [2.24, 2.45) is 11.3 Å². The van der Waals surface area contributed by atoms with Crippen LogP contribution in [0.1, 0.15) is 59.3 Å². The third-order valence-corrected chi connectivity index (χ3v) is 4.40. The molecule has 0 bridgehead atoms. The number of nitrogens with zero attached hydrogens (tertiary/aromatic N) is 1. The fourth-order valence-electron chi connectivity index (χ4n) is 2.74. The van der Waals surface area contributed by atoms with E-state index in [9.17, 15) is 4.79 Å². The summed E-state index contributed by atoms with van der Waals surface area (Å²) < 4.78 is 0. The minimum absolute atomic E-state index is 0.0728. The van der Waals surface area contributed by atoms with E-state index in [1.165, 1.54) is 45.1 Å². The van der Waals surface area contributed by atoms with E-state index in [0.717, 1.165) is 25.3 Å². The zero-order valence-corrected chi connectivity index (χ0v) is 11.9. The number of carbonyl (C=O) groups is 1. The Bertz CT molecular complexity index is 221. The van der Waals surface area contributed by atoms with Gasteiger partial charge in [-0.3, -0.25) is 0 Å². The van der Waals surface area contributed by atoms with Gasteiger partial charge < -0.3 is 9.69 Å². The van der Waals surface area contributed by atoms with Gasteiger partial charge in [0.1, 0.15) is 6.29 Å². The third kappa shape index (κ3) is 4.42. The Morgan fingerprint density at radius 1 is 1.29 bits per heavy atom. The molecule has 0 amide bonds.